The van der Waals surface area contributed by atoms with Crippen molar-refractivity contribution in [1.29, 1.82) is 0 Å². The van der Waals surface area contributed by atoms with E-state index in [1.54, 1.807) is 0 Å². The predicted octanol–water partition coefficient (Wildman–Crippen LogP) is 5.92. The van der Waals surface area contributed by atoms with E-state index in [-0.39, 0.29) is 15.6 Å². The summed E-state index contributed by atoms with van der Waals surface area (Å²) in [6.07, 6.45) is -3.40. The van der Waals surface area contributed by atoms with Crippen molar-refractivity contribution >= 4 is 28.0 Å². The molecule has 138 valence electrons. The highest BCUT2D eigenvalue weighted by Crippen LogP contribution is 2.38. The second kappa shape index (κ2) is 7.53. The number of aromatic carboxylic acids is 1. The number of carboxylic acid groups (broad SMARTS) is 1. The summed E-state index contributed by atoms with van der Waals surface area (Å²) in [7, 11) is 0. The first-order valence-corrected chi connectivity index (χ1v) is 7.73. The summed E-state index contributed by atoms with van der Waals surface area (Å²) in [5.41, 5.74) is -0.964. The summed E-state index contributed by atoms with van der Waals surface area (Å²) < 4.78 is 79.9. The maximum Gasteiger partial charge on any atom is 0.399 e. The van der Waals surface area contributed by atoms with E-state index in [0.29, 0.717) is 18.2 Å². The number of allylic oxidation sites excluding steroid dienone is 1. The van der Waals surface area contributed by atoms with E-state index in [1.165, 1.54) is 18.2 Å². The molecule has 0 aliphatic rings. The van der Waals surface area contributed by atoms with Crippen LogP contribution in [0.3, 0.4) is 0 Å². The van der Waals surface area contributed by atoms with Crippen molar-refractivity contribution in [2.24, 2.45) is 0 Å². The molecule has 0 aromatic heterocycles. The van der Waals surface area contributed by atoms with E-state index in [0.717, 1.165) is 6.08 Å². The van der Waals surface area contributed by atoms with Gasteiger partial charge in [0.15, 0.2) is 17.5 Å². The van der Waals surface area contributed by atoms with Crippen LogP contribution in [0.2, 0.25) is 0 Å². The molecular formula is C17H9BrF6O2. The molecule has 2 nitrogen and oxygen atoms in total. The van der Waals surface area contributed by atoms with Gasteiger partial charge < -0.3 is 5.11 Å². The van der Waals surface area contributed by atoms with Gasteiger partial charge in [-0.15, -0.1) is 0 Å². The van der Waals surface area contributed by atoms with Crippen LogP contribution in [0.4, 0.5) is 26.3 Å². The van der Waals surface area contributed by atoms with Gasteiger partial charge in [0.1, 0.15) is 5.92 Å². The maximum atomic E-state index is 13.8. The van der Waals surface area contributed by atoms with Crippen molar-refractivity contribution in [1.82, 2.24) is 0 Å². The van der Waals surface area contributed by atoms with Crippen molar-refractivity contribution in [2.75, 3.05) is 0 Å². The van der Waals surface area contributed by atoms with Crippen LogP contribution < -0.4 is 0 Å². The number of carbonyl (C=O) groups is 1. The van der Waals surface area contributed by atoms with E-state index >= 15 is 0 Å². The standard InChI is InChI=1S/C17H9BrF6O2/c18-12-7-8(1-3-10(12)16(25)26)2-5-11(17(22,23)24)9-4-6-13(19)15(21)14(9)20/h1-7,11H,(H,25,26)/b5-2+. The molecule has 1 atom stereocenters. The van der Waals surface area contributed by atoms with Gasteiger partial charge in [-0.1, -0.05) is 24.3 Å². The Hall–Kier alpha value is -2.29. The number of carboxylic acids is 1. The zero-order chi connectivity index (χ0) is 19.6. The molecule has 1 N–H and O–H groups in total. The van der Waals surface area contributed by atoms with Gasteiger partial charge in [0.2, 0.25) is 0 Å². The quantitative estimate of drug-likeness (QED) is 0.474. The molecular weight excluding hydrogens is 430 g/mol. The van der Waals surface area contributed by atoms with E-state index in [2.05, 4.69) is 15.9 Å². The van der Waals surface area contributed by atoms with Gasteiger partial charge in [-0.2, -0.15) is 13.2 Å². The highest BCUT2D eigenvalue weighted by molar-refractivity contribution is 9.10. The minimum atomic E-state index is -4.96. The molecule has 0 amide bonds. The molecule has 0 fully saturated rings. The summed E-state index contributed by atoms with van der Waals surface area (Å²) in [6.45, 7) is 0. The SMILES string of the molecule is O=C(O)c1ccc(/C=C/C(c2ccc(F)c(F)c2F)C(F)(F)F)cc1Br. The fourth-order valence-corrected chi connectivity index (χ4v) is 2.75. The van der Waals surface area contributed by atoms with Gasteiger partial charge in [-0.25, -0.2) is 18.0 Å². The Morgan fingerprint density at radius 2 is 1.73 bits per heavy atom. The Bertz CT molecular complexity index is 876. The first-order chi connectivity index (χ1) is 12.0. The molecule has 0 aliphatic heterocycles. The Labute approximate surface area is 151 Å². The number of alkyl halides is 3. The molecule has 0 bridgehead atoms. The maximum absolute atomic E-state index is 13.8. The second-order valence-electron chi connectivity index (χ2n) is 5.19. The molecule has 0 radical (unpaired) electrons. The zero-order valence-electron chi connectivity index (χ0n) is 12.6. The molecule has 0 heterocycles. The molecule has 26 heavy (non-hydrogen) atoms. The smallest absolute Gasteiger partial charge is 0.399 e. The Balaban J connectivity index is 2.44. The number of hydrogen-bond acceptors (Lipinski definition) is 1. The lowest BCUT2D eigenvalue weighted by atomic mass is 9.96. The molecule has 0 saturated carbocycles. The molecule has 0 aliphatic carbocycles. The summed E-state index contributed by atoms with van der Waals surface area (Å²) in [5.74, 6) is -9.25. The average molecular weight is 439 g/mol. The molecule has 9 heteroatoms. The lowest BCUT2D eigenvalue weighted by Crippen LogP contribution is -2.20. The van der Waals surface area contributed by atoms with Gasteiger partial charge in [0.05, 0.1) is 5.56 Å². The molecule has 0 saturated heterocycles. The fraction of sp³-hybridized carbons (Fsp3) is 0.118. The van der Waals surface area contributed by atoms with Crippen LogP contribution in [0.1, 0.15) is 27.4 Å². The molecule has 1 unspecified atom stereocenters. The predicted molar refractivity (Wildman–Crippen MR) is 85.2 cm³/mol. The lowest BCUT2D eigenvalue weighted by Gasteiger charge is -2.18. The second-order valence-corrected chi connectivity index (χ2v) is 6.04. The van der Waals surface area contributed by atoms with Gasteiger partial charge in [-0.05, 0) is 39.7 Å². The van der Waals surface area contributed by atoms with Gasteiger partial charge in [-0.3, -0.25) is 0 Å². The number of hydrogen-bond donors (Lipinski definition) is 1. The van der Waals surface area contributed by atoms with Crippen LogP contribution in [-0.2, 0) is 0 Å². The Kier molecular flexibility index (Phi) is 5.80. The van der Waals surface area contributed by atoms with Crippen molar-refractivity contribution in [2.45, 2.75) is 12.1 Å². The topological polar surface area (TPSA) is 37.3 Å². The molecule has 0 spiro atoms. The van der Waals surface area contributed by atoms with E-state index < -0.39 is 41.1 Å². The van der Waals surface area contributed by atoms with Crippen molar-refractivity contribution in [3.05, 3.63) is 75.0 Å². The van der Waals surface area contributed by atoms with Crippen molar-refractivity contribution < 1.29 is 36.2 Å². The molecule has 2 rings (SSSR count). The van der Waals surface area contributed by atoms with Crippen molar-refractivity contribution in [3.8, 4) is 0 Å². The summed E-state index contributed by atoms with van der Waals surface area (Å²) >= 11 is 2.98. The van der Waals surface area contributed by atoms with Gasteiger partial charge >= 0.3 is 12.1 Å². The van der Waals surface area contributed by atoms with Gasteiger partial charge in [0, 0.05) is 10.0 Å². The van der Waals surface area contributed by atoms with Gasteiger partial charge in [0.25, 0.3) is 0 Å². The molecule has 2 aromatic rings. The minimum Gasteiger partial charge on any atom is -0.478 e. The first-order valence-electron chi connectivity index (χ1n) is 6.93. The highest BCUT2D eigenvalue weighted by atomic mass is 79.9. The third kappa shape index (κ3) is 4.27. The first kappa shape index (κ1) is 20.0. The summed E-state index contributed by atoms with van der Waals surface area (Å²) in [6, 6.07) is 4.62. The van der Waals surface area contributed by atoms with Crippen LogP contribution >= 0.6 is 15.9 Å². The summed E-state index contributed by atoms with van der Waals surface area (Å²) in [4.78, 5) is 10.9. The van der Waals surface area contributed by atoms with Crippen molar-refractivity contribution in [3.63, 3.8) is 0 Å². The van der Waals surface area contributed by atoms with Crippen LogP contribution in [-0.4, -0.2) is 17.3 Å². The fourth-order valence-electron chi connectivity index (χ4n) is 2.19. The molecule has 2 aromatic carbocycles. The highest BCUT2D eigenvalue weighted by Gasteiger charge is 2.41. The van der Waals surface area contributed by atoms with Crippen LogP contribution in [0.5, 0.6) is 0 Å². The third-order valence-corrected chi connectivity index (χ3v) is 4.11. The minimum absolute atomic E-state index is 0.0961. The largest absolute Gasteiger partial charge is 0.478 e. The van der Waals surface area contributed by atoms with E-state index in [4.69, 9.17) is 5.11 Å². The van der Waals surface area contributed by atoms with Crippen LogP contribution in [0, 0.1) is 17.5 Å². The monoisotopic (exact) mass is 438 g/mol. The average Bonchev–Trinajstić information content (AvgIpc) is 2.53. The van der Waals surface area contributed by atoms with Crippen LogP contribution in [0.25, 0.3) is 6.08 Å². The summed E-state index contributed by atoms with van der Waals surface area (Å²) in [5, 5.41) is 8.90. The van der Waals surface area contributed by atoms with Crippen LogP contribution in [0.15, 0.2) is 40.9 Å². The number of rotatable bonds is 4. The third-order valence-electron chi connectivity index (χ3n) is 3.46. The zero-order valence-corrected chi connectivity index (χ0v) is 14.2. The number of halogens is 7. The Morgan fingerprint density at radius 1 is 1.08 bits per heavy atom. The van der Waals surface area contributed by atoms with E-state index in [1.807, 2.05) is 0 Å². The number of benzene rings is 2. The normalized spacial score (nSPS) is 13.2. The van der Waals surface area contributed by atoms with E-state index in [9.17, 15) is 31.1 Å². The Morgan fingerprint density at radius 3 is 2.27 bits per heavy atom. The lowest BCUT2D eigenvalue weighted by molar-refractivity contribution is -0.140.